The summed E-state index contributed by atoms with van der Waals surface area (Å²) in [7, 11) is 0. The SMILES string of the molecule is C[Si](C)=[Hf+2].C[Si](C)=[Hf+2].Cc1cc2c(-c3ccccc3)cccc2[cH-]1.Cc1cc2c(-c3ccccc3)cccc2[cH-]1.Cc1cc2c(-c3ccccc3)cccc2[cH-]1.Cc1cc2c(-c3ccccc3)cccc2[cH-]1.[Cl-].[Cl-]. The molecule has 0 aliphatic rings. The molecule has 0 saturated carbocycles. The fourth-order valence-electron chi connectivity index (χ4n) is 9.02. The largest absolute Gasteiger partial charge is 1.00 e. The first kappa shape index (κ1) is 59.8. The van der Waals surface area contributed by atoms with Crippen LogP contribution in [-0.2, 0) is 46.0 Å². The number of aryl methyl sites for hydroxylation is 4. The molecule has 12 aromatic rings. The summed E-state index contributed by atoms with van der Waals surface area (Å²) in [5.74, 6) is 0. The van der Waals surface area contributed by atoms with Crippen molar-refractivity contribution < 1.29 is 70.8 Å². The first-order valence-electron chi connectivity index (χ1n) is 24.7. The normalized spacial score (nSPS) is 10.1. The van der Waals surface area contributed by atoms with E-state index in [1.807, 2.05) is 0 Å². The predicted molar refractivity (Wildman–Crippen MR) is 314 cm³/mol. The molecule has 6 heteroatoms. The van der Waals surface area contributed by atoms with Gasteiger partial charge in [-0.05, 0) is 22.3 Å². The van der Waals surface area contributed by atoms with Crippen molar-refractivity contribution in [3.05, 3.63) is 265 Å². The first-order valence-corrected chi connectivity index (χ1v) is 40.5. The average molecular weight is 1370 g/mol. The molecule has 0 nitrogen and oxygen atoms in total. The molecule has 0 fully saturated rings. The maximum Gasteiger partial charge on any atom is -0.0279 e. The average Bonchev–Trinajstić information content (AvgIpc) is 4.18. The number of halogens is 2. The van der Waals surface area contributed by atoms with Gasteiger partial charge in [-0.15, -0.1) is 138 Å². The van der Waals surface area contributed by atoms with Crippen LogP contribution in [0.4, 0.5) is 0 Å². The zero-order valence-corrected chi connectivity index (χ0v) is 54.5. The van der Waals surface area contributed by atoms with Crippen molar-refractivity contribution in [2.24, 2.45) is 0 Å². The van der Waals surface area contributed by atoms with E-state index < -0.39 is 0 Å². The van der Waals surface area contributed by atoms with Gasteiger partial charge in [0.25, 0.3) is 0 Å². The Kier molecular flexibility index (Phi) is 24.2. The second-order valence-electron chi connectivity index (χ2n) is 18.8. The third kappa shape index (κ3) is 17.0. The summed E-state index contributed by atoms with van der Waals surface area (Å²) in [6.07, 6.45) is 0. The van der Waals surface area contributed by atoms with E-state index in [-0.39, 0.29) is 35.8 Å². The summed E-state index contributed by atoms with van der Waals surface area (Å²) < 4.78 is 0. The van der Waals surface area contributed by atoms with Gasteiger partial charge in [0.1, 0.15) is 0 Å². The van der Waals surface area contributed by atoms with Crippen LogP contribution in [0.15, 0.2) is 243 Å². The van der Waals surface area contributed by atoms with Gasteiger partial charge in [0.15, 0.2) is 0 Å². The van der Waals surface area contributed by atoms with E-state index in [1.54, 1.807) is 0 Å². The molecule has 74 heavy (non-hydrogen) atoms. The van der Waals surface area contributed by atoms with Crippen LogP contribution in [0.5, 0.6) is 0 Å². The summed E-state index contributed by atoms with van der Waals surface area (Å²) >= 11 is 2.90. The van der Waals surface area contributed by atoms with Gasteiger partial charge in [-0.1, -0.05) is 196 Å². The van der Waals surface area contributed by atoms with E-state index in [4.69, 9.17) is 0 Å². The van der Waals surface area contributed by atoms with E-state index in [1.165, 1.54) is 156 Å². The van der Waals surface area contributed by atoms with Gasteiger partial charge in [0.2, 0.25) is 0 Å². The molecular formula is C68H64Cl2Hf2Si2-2. The molecule has 12 rings (SSSR count). The van der Waals surface area contributed by atoms with Crippen LogP contribution >= 0.6 is 0 Å². The Morgan fingerprint density at radius 3 is 0.622 bits per heavy atom. The Balaban J connectivity index is 0.000000173. The molecule has 0 saturated heterocycles. The number of hydrogen-bond acceptors (Lipinski definition) is 0. The van der Waals surface area contributed by atoms with Gasteiger partial charge in [0.05, 0.1) is 0 Å². The molecule has 12 aromatic carbocycles. The Morgan fingerprint density at radius 1 is 0.270 bits per heavy atom. The van der Waals surface area contributed by atoms with Crippen molar-refractivity contribution in [3.63, 3.8) is 0 Å². The Labute approximate surface area is 483 Å². The molecule has 368 valence electrons. The van der Waals surface area contributed by atoms with Gasteiger partial charge in [-0.3, -0.25) is 0 Å². The van der Waals surface area contributed by atoms with E-state index in [2.05, 4.69) is 297 Å². The molecule has 0 aliphatic carbocycles. The molecule has 0 heterocycles. The van der Waals surface area contributed by atoms with Crippen molar-refractivity contribution in [3.8, 4) is 44.5 Å². The van der Waals surface area contributed by atoms with E-state index >= 15 is 0 Å². The molecule has 0 amide bonds. The number of hydrogen-bond donors (Lipinski definition) is 0. The second-order valence-corrected chi connectivity index (χ2v) is 44.4. The van der Waals surface area contributed by atoms with Crippen LogP contribution in [0.25, 0.3) is 87.6 Å². The third-order valence-corrected chi connectivity index (χ3v) is 11.9. The fourth-order valence-corrected chi connectivity index (χ4v) is 9.02. The Hall–Kier alpha value is -5.05. The van der Waals surface area contributed by atoms with Crippen molar-refractivity contribution in [2.45, 2.75) is 53.9 Å². The zero-order valence-electron chi connectivity index (χ0n) is 43.8. The van der Waals surface area contributed by atoms with Crippen molar-refractivity contribution in [1.29, 1.82) is 0 Å². The van der Waals surface area contributed by atoms with Crippen molar-refractivity contribution in [2.75, 3.05) is 0 Å². The van der Waals surface area contributed by atoms with Crippen LogP contribution in [0.3, 0.4) is 0 Å². The summed E-state index contributed by atoms with van der Waals surface area (Å²) in [5.41, 5.74) is 16.3. The van der Waals surface area contributed by atoms with Crippen LogP contribution < -0.4 is 24.8 Å². The van der Waals surface area contributed by atoms with Crippen LogP contribution in [0, 0.1) is 27.7 Å². The summed E-state index contributed by atoms with van der Waals surface area (Å²) in [4.78, 5) is 0. The molecule has 0 atom stereocenters. The van der Waals surface area contributed by atoms with Gasteiger partial charge < -0.3 is 24.8 Å². The summed E-state index contributed by atoms with van der Waals surface area (Å²) in [6.45, 7) is 17.9. The fraction of sp³-hybridized carbons (Fsp3) is 0.118. The minimum absolute atomic E-state index is 0. The molecule has 0 radical (unpaired) electrons. The van der Waals surface area contributed by atoms with Crippen molar-refractivity contribution in [1.82, 2.24) is 0 Å². The molecule has 0 aliphatic heterocycles. The number of benzene rings is 8. The molecule has 0 bridgehead atoms. The predicted octanol–water partition coefficient (Wildman–Crippen LogP) is 13.7. The minimum Gasteiger partial charge on any atom is -1.00 e. The van der Waals surface area contributed by atoms with Crippen LogP contribution in [0.1, 0.15) is 22.3 Å². The molecular weight excluding hydrogens is 1300 g/mol. The third-order valence-electron chi connectivity index (χ3n) is 11.9. The van der Waals surface area contributed by atoms with E-state index in [9.17, 15) is 0 Å². The number of rotatable bonds is 4. The van der Waals surface area contributed by atoms with Gasteiger partial charge >= 0.3 is 83.2 Å². The molecule has 0 N–H and O–H groups in total. The monoisotopic (exact) mass is 1370 g/mol. The van der Waals surface area contributed by atoms with Gasteiger partial charge in [-0.2, -0.15) is 24.3 Å². The molecule has 0 spiro atoms. The maximum absolute atomic E-state index is 2.33. The molecule has 0 aromatic heterocycles. The Morgan fingerprint density at radius 2 is 0.446 bits per heavy atom. The van der Waals surface area contributed by atoms with Crippen LogP contribution in [-0.4, -0.2) is 11.0 Å². The summed E-state index contributed by atoms with van der Waals surface area (Å²) in [5, 5.41) is 10.7. The van der Waals surface area contributed by atoms with Gasteiger partial charge in [-0.25, -0.2) is 0 Å². The quantitative estimate of drug-likeness (QED) is 0.122. The number of fused-ring (bicyclic) bond motifs is 4. The standard InChI is InChI=1S/4C16H13.2C2H6Si.2ClH.2Hf/c4*1-12-10-14-8-5-9-15(16(14)11-12)13-6-3-2-4-7-13;2*1-3-2;;;;/h4*2-11H,1H3;2*1-2H3;2*1H;;/q4*-1;;;;;2*+2/p-2. The maximum atomic E-state index is 2.33. The Bertz CT molecular complexity index is 3160. The van der Waals surface area contributed by atoms with E-state index in [0.29, 0.717) is 0 Å². The molecule has 0 unspecified atom stereocenters. The van der Waals surface area contributed by atoms with Crippen molar-refractivity contribution >= 4 is 54.1 Å². The smallest absolute Gasteiger partial charge is 0.0279 e. The minimum atomic E-state index is 0. The van der Waals surface area contributed by atoms with Gasteiger partial charge in [0, 0.05) is 0 Å². The second kappa shape index (κ2) is 29.9. The topological polar surface area (TPSA) is 0 Å². The van der Waals surface area contributed by atoms with Crippen LogP contribution in [0.2, 0.25) is 26.2 Å². The van der Waals surface area contributed by atoms with E-state index in [0.717, 1.165) is 0 Å². The first-order chi connectivity index (χ1) is 34.8. The zero-order chi connectivity index (χ0) is 51.0. The summed E-state index contributed by atoms with van der Waals surface area (Å²) in [6, 6.07) is 86.2.